The molecule has 1 saturated heterocycles. The standard InChI is InChI=1S/C17H26N2O3/c1-16(2,3)22-15(20)19-9-7-17(21,8-10-19)14-6-4-5-13(11-14)12-18/h4-6,11,21H,7-10,12,18H2,1-3H3. The van der Waals surface area contributed by atoms with E-state index in [1.165, 1.54) is 0 Å². The molecule has 5 heteroatoms. The second kappa shape index (κ2) is 6.26. The fourth-order valence-corrected chi connectivity index (χ4v) is 2.66. The van der Waals surface area contributed by atoms with Gasteiger partial charge in [-0.2, -0.15) is 0 Å². The molecule has 122 valence electrons. The van der Waals surface area contributed by atoms with Gasteiger partial charge in [0, 0.05) is 19.6 Å². The zero-order valence-electron chi connectivity index (χ0n) is 13.6. The number of ether oxygens (including phenoxy) is 1. The monoisotopic (exact) mass is 306 g/mol. The number of piperidine rings is 1. The summed E-state index contributed by atoms with van der Waals surface area (Å²) in [4.78, 5) is 13.7. The second-order valence-electron chi connectivity index (χ2n) is 6.90. The van der Waals surface area contributed by atoms with Crippen molar-refractivity contribution >= 4 is 6.09 Å². The Labute approximate surface area is 132 Å². The Morgan fingerprint density at radius 1 is 1.36 bits per heavy atom. The van der Waals surface area contributed by atoms with Crippen LogP contribution in [0.4, 0.5) is 4.79 Å². The van der Waals surface area contributed by atoms with E-state index < -0.39 is 11.2 Å². The van der Waals surface area contributed by atoms with Crippen LogP contribution in [0.25, 0.3) is 0 Å². The maximum absolute atomic E-state index is 12.1. The van der Waals surface area contributed by atoms with E-state index in [-0.39, 0.29) is 6.09 Å². The molecule has 0 unspecified atom stereocenters. The van der Waals surface area contributed by atoms with Gasteiger partial charge in [-0.05, 0) is 44.7 Å². The number of aliphatic hydroxyl groups is 1. The van der Waals surface area contributed by atoms with Gasteiger partial charge in [-0.15, -0.1) is 0 Å². The molecule has 1 heterocycles. The van der Waals surface area contributed by atoms with Gasteiger partial charge < -0.3 is 20.5 Å². The van der Waals surface area contributed by atoms with Gasteiger partial charge in [0.2, 0.25) is 0 Å². The molecule has 2 rings (SSSR count). The Morgan fingerprint density at radius 3 is 2.55 bits per heavy atom. The first-order valence-electron chi connectivity index (χ1n) is 7.73. The molecule has 1 aromatic rings. The molecular weight excluding hydrogens is 280 g/mol. The molecule has 0 aromatic heterocycles. The van der Waals surface area contributed by atoms with E-state index >= 15 is 0 Å². The summed E-state index contributed by atoms with van der Waals surface area (Å²) in [5.41, 5.74) is 6.14. The summed E-state index contributed by atoms with van der Waals surface area (Å²) in [5.74, 6) is 0. The molecule has 0 radical (unpaired) electrons. The number of nitrogens with zero attached hydrogens (tertiary/aromatic N) is 1. The first-order valence-corrected chi connectivity index (χ1v) is 7.73. The lowest BCUT2D eigenvalue weighted by Gasteiger charge is -2.39. The van der Waals surface area contributed by atoms with Crippen LogP contribution in [0.3, 0.4) is 0 Å². The molecule has 0 bridgehead atoms. The SMILES string of the molecule is CC(C)(C)OC(=O)N1CCC(O)(c2cccc(CN)c2)CC1. The number of amides is 1. The zero-order valence-corrected chi connectivity index (χ0v) is 13.6. The van der Waals surface area contributed by atoms with Crippen molar-refractivity contribution in [2.75, 3.05) is 13.1 Å². The third-order valence-corrected chi connectivity index (χ3v) is 3.94. The van der Waals surface area contributed by atoms with Gasteiger partial charge in [0.1, 0.15) is 5.60 Å². The molecule has 0 aliphatic carbocycles. The van der Waals surface area contributed by atoms with Gasteiger partial charge in [0.25, 0.3) is 0 Å². The minimum atomic E-state index is -0.899. The summed E-state index contributed by atoms with van der Waals surface area (Å²) in [6.07, 6.45) is 0.686. The van der Waals surface area contributed by atoms with E-state index in [1.54, 1.807) is 4.90 Å². The fourth-order valence-electron chi connectivity index (χ4n) is 2.66. The molecular formula is C17H26N2O3. The first kappa shape index (κ1) is 16.8. The van der Waals surface area contributed by atoms with Crippen LogP contribution in [0, 0.1) is 0 Å². The number of benzene rings is 1. The van der Waals surface area contributed by atoms with Gasteiger partial charge in [0.15, 0.2) is 0 Å². The van der Waals surface area contributed by atoms with Crippen molar-refractivity contribution in [1.29, 1.82) is 0 Å². The Morgan fingerprint density at radius 2 is 2.00 bits per heavy atom. The van der Waals surface area contributed by atoms with Crippen LogP contribution in [0.5, 0.6) is 0 Å². The average Bonchev–Trinajstić information content (AvgIpc) is 2.46. The van der Waals surface area contributed by atoms with E-state index in [9.17, 15) is 9.90 Å². The second-order valence-corrected chi connectivity index (χ2v) is 6.90. The summed E-state index contributed by atoms with van der Waals surface area (Å²) >= 11 is 0. The van der Waals surface area contributed by atoms with Crippen molar-refractivity contribution in [3.63, 3.8) is 0 Å². The predicted molar refractivity (Wildman–Crippen MR) is 85.3 cm³/mol. The summed E-state index contributed by atoms with van der Waals surface area (Å²) in [6.45, 7) is 6.97. The number of likely N-dealkylation sites (tertiary alicyclic amines) is 1. The summed E-state index contributed by atoms with van der Waals surface area (Å²) < 4.78 is 5.38. The quantitative estimate of drug-likeness (QED) is 0.879. The highest BCUT2D eigenvalue weighted by atomic mass is 16.6. The minimum Gasteiger partial charge on any atom is -0.444 e. The Hall–Kier alpha value is -1.59. The molecule has 5 nitrogen and oxygen atoms in total. The minimum absolute atomic E-state index is 0.315. The van der Waals surface area contributed by atoms with Crippen LogP contribution in [-0.2, 0) is 16.9 Å². The van der Waals surface area contributed by atoms with Crippen LogP contribution in [0.1, 0.15) is 44.7 Å². The van der Waals surface area contributed by atoms with Gasteiger partial charge in [-0.3, -0.25) is 0 Å². The highest BCUT2D eigenvalue weighted by molar-refractivity contribution is 5.68. The number of hydrogen-bond acceptors (Lipinski definition) is 4. The molecule has 1 aromatic carbocycles. The third kappa shape index (κ3) is 3.99. The van der Waals surface area contributed by atoms with Crippen molar-refractivity contribution in [2.45, 2.75) is 51.4 Å². The largest absolute Gasteiger partial charge is 0.444 e. The number of carbonyl (C=O) groups is 1. The molecule has 22 heavy (non-hydrogen) atoms. The Balaban J connectivity index is 2.02. The first-order chi connectivity index (χ1) is 10.2. The molecule has 1 aliphatic rings. The third-order valence-electron chi connectivity index (χ3n) is 3.94. The van der Waals surface area contributed by atoms with Gasteiger partial charge >= 0.3 is 6.09 Å². The van der Waals surface area contributed by atoms with Crippen LogP contribution in [-0.4, -0.2) is 34.8 Å². The van der Waals surface area contributed by atoms with E-state index in [2.05, 4.69) is 0 Å². The molecule has 1 aliphatic heterocycles. The Kier molecular flexibility index (Phi) is 4.78. The lowest BCUT2D eigenvalue weighted by molar-refractivity contribution is -0.0356. The topological polar surface area (TPSA) is 75.8 Å². The number of hydrogen-bond donors (Lipinski definition) is 2. The van der Waals surface area contributed by atoms with Gasteiger partial charge in [-0.25, -0.2) is 4.79 Å². The molecule has 0 spiro atoms. The predicted octanol–water partition coefficient (Wildman–Crippen LogP) is 2.36. The van der Waals surface area contributed by atoms with Crippen molar-refractivity contribution in [1.82, 2.24) is 4.90 Å². The van der Waals surface area contributed by atoms with Crippen molar-refractivity contribution in [3.05, 3.63) is 35.4 Å². The van der Waals surface area contributed by atoms with E-state index in [0.29, 0.717) is 32.5 Å². The Bertz CT molecular complexity index is 529. The van der Waals surface area contributed by atoms with E-state index in [4.69, 9.17) is 10.5 Å². The summed E-state index contributed by atoms with van der Waals surface area (Å²) in [7, 11) is 0. The van der Waals surface area contributed by atoms with Crippen LogP contribution in [0.2, 0.25) is 0 Å². The van der Waals surface area contributed by atoms with Crippen molar-refractivity contribution in [3.8, 4) is 0 Å². The van der Waals surface area contributed by atoms with Crippen molar-refractivity contribution in [2.24, 2.45) is 5.73 Å². The number of nitrogens with two attached hydrogens (primary N) is 1. The number of carbonyl (C=O) groups excluding carboxylic acids is 1. The molecule has 1 amide bonds. The van der Waals surface area contributed by atoms with Crippen molar-refractivity contribution < 1.29 is 14.6 Å². The highest BCUT2D eigenvalue weighted by Gasteiger charge is 2.36. The lowest BCUT2D eigenvalue weighted by atomic mass is 9.84. The average molecular weight is 306 g/mol. The maximum Gasteiger partial charge on any atom is 0.410 e. The van der Waals surface area contributed by atoms with Gasteiger partial charge in [-0.1, -0.05) is 24.3 Å². The van der Waals surface area contributed by atoms with Gasteiger partial charge in [0.05, 0.1) is 5.60 Å². The molecule has 3 N–H and O–H groups in total. The fraction of sp³-hybridized carbons (Fsp3) is 0.588. The normalized spacial score (nSPS) is 18.1. The summed E-state index contributed by atoms with van der Waals surface area (Å²) in [5, 5.41) is 10.9. The van der Waals surface area contributed by atoms with Crippen LogP contribution < -0.4 is 5.73 Å². The molecule has 1 fully saturated rings. The maximum atomic E-state index is 12.1. The smallest absolute Gasteiger partial charge is 0.410 e. The van der Waals surface area contributed by atoms with Crippen LogP contribution >= 0.6 is 0 Å². The number of rotatable bonds is 2. The highest BCUT2D eigenvalue weighted by Crippen LogP contribution is 2.33. The zero-order chi connectivity index (χ0) is 16.4. The van der Waals surface area contributed by atoms with E-state index in [1.807, 2.05) is 45.0 Å². The summed E-state index contributed by atoms with van der Waals surface area (Å²) in [6, 6.07) is 7.73. The van der Waals surface area contributed by atoms with Crippen LogP contribution in [0.15, 0.2) is 24.3 Å². The lowest BCUT2D eigenvalue weighted by Crippen LogP contribution is -2.46. The molecule has 0 saturated carbocycles. The van der Waals surface area contributed by atoms with E-state index in [0.717, 1.165) is 11.1 Å². The molecule has 0 atom stereocenters.